The number of benzene rings is 2. The van der Waals surface area contributed by atoms with Crippen molar-refractivity contribution in [3.8, 4) is 17.1 Å². The molecular formula is C22H22N2O4S. The molecule has 0 saturated heterocycles. The molecule has 1 amide bonds. The lowest BCUT2D eigenvalue weighted by Crippen LogP contribution is -2.34. The lowest BCUT2D eigenvalue weighted by atomic mass is 10.1. The summed E-state index contributed by atoms with van der Waals surface area (Å²) in [5, 5.41) is 15.0. The Kier molecular flexibility index (Phi) is 6.64. The molecule has 6 nitrogen and oxygen atoms in total. The molecule has 1 aromatic heterocycles. The first kappa shape index (κ1) is 20.6. The summed E-state index contributed by atoms with van der Waals surface area (Å²) in [6.45, 7) is 3.69. The van der Waals surface area contributed by atoms with Crippen LogP contribution in [0.15, 0.2) is 65.1 Å². The monoisotopic (exact) mass is 410 g/mol. The van der Waals surface area contributed by atoms with Crippen LogP contribution in [-0.4, -0.2) is 22.2 Å². The fraction of sp³-hybridized carbons (Fsp3) is 0.182. The van der Waals surface area contributed by atoms with E-state index in [2.05, 4.69) is 10.6 Å². The van der Waals surface area contributed by atoms with Crippen molar-refractivity contribution >= 4 is 28.9 Å². The molecule has 29 heavy (non-hydrogen) atoms. The number of thiocarbonyl (C=S) groups is 1. The second-order valence-electron chi connectivity index (χ2n) is 6.61. The molecule has 0 fully saturated rings. The van der Waals surface area contributed by atoms with Gasteiger partial charge >= 0.3 is 0 Å². The first-order valence-electron chi connectivity index (χ1n) is 9.13. The molecule has 2 aromatic carbocycles. The summed E-state index contributed by atoms with van der Waals surface area (Å²) >= 11 is 5.27. The third-order valence-corrected chi connectivity index (χ3v) is 4.12. The molecule has 7 heteroatoms. The van der Waals surface area contributed by atoms with Crippen LogP contribution in [0.4, 0.5) is 5.69 Å². The average Bonchev–Trinajstić information content (AvgIpc) is 3.17. The van der Waals surface area contributed by atoms with E-state index in [1.807, 2.05) is 38.1 Å². The molecule has 3 N–H and O–H groups in total. The van der Waals surface area contributed by atoms with Crippen LogP contribution >= 0.6 is 12.2 Å². The van der Waals surface area contributed by atoms with E-state index < -0.39 is 0 Å². The van der Waals surface area contributed by atoms with Crippen LogP contribution in [0.1, 0.15) is 30.0 Å². The van der Waals surface area contributed by atoms with Gasteiger partial charge in [-0.25, -0.2) is 0 Å². The second-order valence-corrected chi connectivity index (χ2v) is 7.02. The largest absolute Gasteiger partial charge is 0.491 e. The average molecular weight is 410 g/mol. The number of hydrogen-bond donors (Lipinski definition) is 3. The number of ether oxygens (including phenoxy) is 1. The van der Waals surface area contributed by atoms with Crippen molar-refractivity contribution in [3.05, 3.63) is 72.0 Å². The van der Waals surface area contributed by atoms with Gasteiger partial charge in [0.05, 0.1) is 6.10 Å². The van der Waals surface area contributed by atoms with E-state index in [1.165, 1.54) is 0 Å². The van der Waals surface area contributed by atoms with Crippen LogP contribution in [0.3, 0.4) is 0 Å². The molecule has 0 bridgehead atoms. The SMILES string of the molecule is CC(C)Oc1cccc(C(=O)NC(=S)Nc2cccc(-c3ccc(CO)o3)c2)c1. The van der Waals surface area contributed by atoms with Crippen molar-refractivity contribution < 1.29 is 19.1 Å². The lowest BCUT2D eigenvalue weighted by molar-refractivity contribution is 0.0977. The zero-order chi connectivity index (χ0) is 20.8. The van der Waals surface area contributed by atoms with Gasteiger partial charge in [-0.3, -0.25) is 10.1 Å². The molecule has 0 atom stereocenters. The highest BCUT2D eigenvalue weighted by atomic mass is 32.1. The van der Waals surface area contributed by atoms with Crippen LogP contribution in [0.25, 0.3) is 11.3 Å². The topological polar surface area (TPSA) is 83.7 Å². The Balaban J connectivity index is 1.65. The molecule has 0 saturated carbocycles. The van der Waals surface area contributed by atoms with Crippen LogP contribution in [0.2, 0.25) is 0 Å². The van der Waals surface area contributed by atoms with Crippen molar-refractivity contribution in [2.24, 2.45) is 0 Å². The predicted octanol–water partition coefficient (Wildman–Crippen LogP) is 4.35. The van der Waals surface area contributed by atoms with Gasteiger partial charge in [0.2, 0.25) is 0 Å². The number of aliphatic hydroxyl groups excluding tert-OH is 1. The number of hydrogen-bond acceptors (Lipinski definition) is 5. The van der Waals surface area contributed by atoms with Crippen LogP contribution in [-0.2, 0) is 6.61 Å². The molecular weight excluding hydrogens is 388 g/mol. The Labute approximate surface area is 174 Å². The molecule has 0 radical (unpaired) electrons. The van der Waals surface area contributed by atoms with Crippen molar-refractivity contribution in [3.63, 3.8) is 0 Å². The Morgan fingerprint density at radius 2 is 1.93 bits per heavy atom. The lowest BCUT2D eigenvalue weighted by Gasteiger charge is -2.12. The summed E-state index contributed by atoms with van der Waals surface area (Å²) in [5.41, 5.74) is 1.97. The van der Waals surface area contributed by atoms with Gasteiger partial charge in [-0.1, -0.05) is 18.2 Å². The van der Waals surface area contributed by atoms with E-state index in [0.29, 0.717) is 28.5 Å². The Bertz CT molecular complexity index is 1010. The standard InChI is InChI=1S/C22H22N2O4S/c1-14(2)27-18-8-4-6-16(12-18)21(26)24-22(29)23-17-7-3-5-15(11-17)20-10-9-19(13-25)28-20/h3-12,14,25H,13H2,1-2H3,(H2,23,24,26,29). The summed E-state index contributed by atoms with van der Waals surface area (Å²) in [6.07, 6.45) is 0.0194. The van der Waals surface area contributed by atoms with Gasteiger partial charge in [0.1, 0.15) is 23.9 Å². The molecule has 0 aliphatic heterocycles. The van der Waals surface area contributed by atoms with Crippen LogP contribution < -0.4 is 15.4 Å². The smallest absolute Gasteiger partial charge is 0.257 e. The quantitative estimate of drug-likeness (QED) is 0.524. The van der Waals surface area contributed by atoms with Gasteiger partial charge in [-0.15, -0.1) is 0 Å². The first-order valence-corrected chi connectivity index (χ1v) is 9.54. The Hall–Kier alpha value is -3.16. The van der Waals surface area contributed by atoms with Crippen molar-refractivity contribution in [2.45, 2.75) is 26.6 Å². The fourth-order valence-corrected chi connectivity index (χ4v) is 2.90. The number of carbonyl (C=O) groups is 1. The molecule has 0 aliphatic rings. The molecule has 0 unspecified atom stereocenters. The highest BCUT2D eigenvalue weighted by molar-refractivity contribution is 7.80. The number of furan rings is 1. The van der Waals surface area contributed by atoms with E-state index in [-0.39, 0.29) is 23.7 Å². The summed E-state index contributed by atoms with van der Waals surface area (Å²) < 4.78 is 11.2. The van der Waals surface area contributed by atoms with Gasteiger partial charge in [-0.05, 0) is 68.5 Å². The summed E-state index contributed by atoms with van der Waals surface area (Å²) in [5.74, 6) is 1.42. The first-order chi connectivity index (χ1) is 13.9. The zero-order valence-corrected chi connectivity index (χ0v) is 17.0. The molecule has 1 heterocycles. The summed E-state index contributed by atoms with van der Waals surface area (Å²) in [4.78, 5) is 12.5. The number of anilines is 1. The van der Waals surface area contributed by atoms with E-state index >= 15 is 0 Å². The summed E-state index contributed by atoms with van der Waals surface area (Å²) in [6, 6.07) is 17.8. The number of amides is 1. The van der Waals surface area contributed by atoms with Gasteiger partial charge in [0.25, 0.3) is 5.91 Å². The van der Waals surface area contributed by atoms with Crippen molar-refractivity contribution in [2.75, 3.05) is 5.32 Å². The highest BCUT2D eigenvalue weighted by Crippen LogP contribution is 2.25. The maximum absolute atomic E-state index is 12.5. The Morgan fingerprint density at radius 3 is 2.66 bits per heavy atom. The zero-order valence-electron chi connectivity index (χ0n) is 16.1. The van der Waals surface area contributed by atoms with Crippen LogP contribution in [0.5, 0.6) is 5.75 Å². The maximum Gasteiger partial charge on any atom is 0.257 e. The fourth-order valence-electron chi connectivity index (χ4n) is 2.69. The minimum absolute atomic E-state index is 0.0194. The minimum atomic E-state index is -0.327. The Morgan fingerprint density at radius 1 is 1.14 bits per heavy atom. The number of nitrogens with one attached hydrogen (secondary N) is 2. The van der Waals surface area contributed by atoms with Gasteiger partial charge in [0.15, 0.2) is 5.11 Å². The number of aliphatic hydroxyl groups is 1. The van der Waals surface area contributed by atoms with Crippen molar-refractivity contribution in [1.29, 1.82) is 0 Å². The molecule has 3 rings (SSSR count). The predicted molar refractivity (Wildman–Crippen MR) is 116 cm³/mol. The van der Waals surface area contributed by atoms with E-state index in [0.717, 1.165) is 5.56 Å². The second kappa shape index (κ2) is 9.36. The molecule has 0 aliphatic carbocycles. The molecule has 0 spiro atoms. The van der Waals surface area contributed by atoms with E-state index in [9.17, 15) is 4.79 Å². The van der Waals surface area contributed by atoms with Gasteiger partial charge < -0.3 is 19.6 Å². The van der Waals surface area contributed by atoms with Crippen LogP contribution in [0, 0.1) is 0 Å². The van der Waals surface area contributed by atoms with Crippen molar-refractivity contribution in [1.82, 2.24) is 5.32 Å². The van der Waals surface area contributed by atoms with Gasteiger partial charge in [0, 0.05) is 16.8 Å². The minimum Gasteiger partial charge on any atom is -0.491 e. The normalized spacial score (nSPS) is 10.6. The highest BCUT2D eigenvalue weighted by Gasteiger charge is 2.11. The molecule has 150 valence electrons. The third-order valence-electron chi connectivity index (χ3n) is 3.92. The van der Waals surface area contributed by atoms with Gasteiger partial charge in [-0.2, -0.15) is 0 Å². The van der Waals surface area contributed by atoms with E-state index in [1.54, 1.807) is 36.4 Å². The van der Waals surface area contributed by atoms with E-state index in [4.69, 9.17) is 26.5 Å². The molecule has 3 aromatic rings. The number of rotatable bonds is 6. The maximum atomic E-state index is 12.5. The summed E-state index contributed by atoms with van der Waals surface area (Å²) in [7, 11) is 0. The number of carbonyl (C=O) groups excluding carboxylic acids is 1. The third kappa shape index (κ3) is 5.66.